The third kappa shape index (κ3) is 2.47. The fourth-order valence-electron chi connectivity index (χ4n) is 1.02. The van der Waals surface area contributed by atoms with Crippen LogP contribution < -0.4 is 0 Å². The molecule has 2 nitrogen and oxygen atoms in total. The number of nitriles is 2. The van der Waals surface area contributed by atoms with Crippen LogP contribution in [0.15, 0.2) is 29.8 Å². The molecule has 0 aliphatic heterocycles. The van der Waals surface area contributed by atoms with E-state index in [1.54, 1.807) is 6.08 Å². The monoisotopic (exact) mass is 168 g/mol. The second-order valence-electron chi connectivity index (χ2n) is 2.70. The van der Waals surface area contributed by atoms with Gasteiger partial charge in [-0.2, -0.15) is 10.5 Å². The van der Waals surface area contributed by atoms with E-state index >= 15 is 0 Å². The SMILES string of the molecule is Cc1cccc(C=C(C#N)C#N)c1. The van der Waals surface area contributed by atoms with Gasteiger partial charge in [0.05, 0.1) is 0 Å². The molecule has 0 saturated heterocycles. The summed E-state index contributed by atoms with van der Waals surface area (Å²) in [4.78, 5) is 0. The molecule has 0 fully saturated rings. The van der Waals surface area contributed by atoms with Crippen molar-refractivity contribution in [1.82, 2.24) is 0 Å². The zero-order valence-electron chi connectivity index (χ0n) is 7.28. The average Bonchev–Trinajstić information content (AvgIpc) is 2.14. The highest BCUT2D eigenvalue weighted by Gasteiger charge is 1.93. The zero-order valence-corrected chi connectivity index (χ0v) is 7.28. The van der Waals surface area contributed by atoms with Crippen LogP contribution in [0.3, 0.4) is 0 Å². The van der Waals surface area contributed by atoms with Crippen LogP contribution in [0.2, 0.25) is 0 Å². The summed E-state index contributed by atoms with van der Waals surface area (Å²) in [5, 5.41) is 17.0. The molecule has 0 N–H and O–H groups in total. The summed E-state index contributed by atoms with van der Waals surface area (Å²) in [6, 6.07) is 11.3. The molecule has 1 rings (SSSR count). The number of hydrogen-bond donors (Lipinski definition) is 0. The van der Waals surface area contributed by atoms with Gasteiger partial charge in [0.2, 0.25) is 0 Å². The summed E-state index contributed by atoms with van der Waals surface area (Å²) in [5.41, 5.74) is 2.13. The van der Waals surface area contributed by atoms with Crippen LogP contribution in [0.4, 0.5) is 0 Å². The topological polar surface area (TPSA) is 47.6 Å². The van der Waals surface area contributed by atoms with Crippen LogP contribution in [0.25, 0.3) is 6.08 Å². The summed E-state index contributed by atoms with van der Waals surface area (Å²) >= 11 is 0. The fourth-order valence-corrected chi connectivity index (χ4v) is 1.02. The molecule has 1 aromatic carbocycles. The minimum Gasteiger partial charge on any atom is -0.192 e. The molecule has 0 unspecified atom stereocenters. The Labute approximate surface area is 77.4 Å². The summed E-state index contributed by atoms with van der Waals surface area (Å²) in [6.07, 6.45) is 1.58. The van der Waals surface area contributed by atoms with E-state index in [0.29, 0.717) is 0 Å². The minimum atomic E-state index is 0.130. The Morgan fingerprint density at radius 3 is 2.54 bits per heavy atom. The molecule has 0 atom stereocenters. The lowest BCUT2D eigenvalue weighted by atomic mass is 10.1. The quantitative estimate of drug-likeness (QED) is 0.604. The van der Waals surface area contributed by atoms with Gasteiger partial charge in [0.25, 0.3) is 0 Å². The molecule has 0 saturated carbocycles. The van der Waals surface area contributed by atoms with E-state index in [0.717, 1.165) is 11.1 Å². The predicted molar refractivity (Wildman–Crippen MR) is 50.4 cm³/mol. The normalized spacial score (nSPS) is 8.23. The van der Waals surface area contributed by atoms with Gasteiger partial charge in [0.15, 0.2) is 0 Å². The maximum atomic E-state index is 8.52. The van der Waals surface area contributed by atoms with Gasteiger partial charge in [-0.25, -0.2) is 0 Å². The van der Waals surface area contributed by atoms with E-state index in [9.17, 15) is 0 Å². The number of nitrogens with zero attached hydrogens (tertiary/aromatic N) is 2. The average molecular weight is 168 g/mol. The second kappa shape index (κ2) is 4.09. The molecule has 0 aliphatic rings. The summed E-state index contributed by atoms with van der Waals surface area (Å²) < 4.78 is 0. The Morgan fingerprint density at radius 1 is 1.31 bits per heavy atom. The van der Waals surface area contributed by atoms with Crippen molar-refractivity contribution < 1.29 is 0 Å². The minimum absolute atomic E-state index is 0.130. The van der Waals surface area contributed by atoms with Gasteiger partial charge < -0.3 is 0 Å². The smallest absolute Gasteiger partial charge is 0.130 e. The van der Waals surface area contributed by atoms with E-state index in [2.05, 4.69) is 0 Å². The maximum Gasteiger partial charge on any atom is 0.130 e. The van der Waals surface area contributed by atoms with Gasteiger partial charge in [-0.05, 0) is 18.6 Å². The van der Waals surface area contributed by atoms with E-state index in [1.165, 1.54) is 0 Å². The number of aryl methyl sites for hydroxylation is 1. The largest absolute Gasteiger partial charge is 0.192 e. The molecule has 0 bridgehead atoms. The van der Waals surface area contributed by atoms with Gasteiger partial charge in [-0.3, -0.25) is 0 Å². The van der Waals surface area contributed by atoms with E-state index in [1.807, 2.05) is 43.3 Å². The van der Waals surface area contributed by atoms with Crippen LogP contribution in [0.1, 0.15) is 11.1 Å². The first kappa shape index (κ1) is 9.03. The van der Waals surface area contributed by atoms with Crippen molar-refractivity contribution in [2.45, 2.75) is 6.92 Å². The molecule has 13 heavy (non-hydrogen) atoms. The standard InChI is InChI=1S/C11H8N2/c1-9-3-2-4-10(5-9)6-11(7-12)8-13/h2-6H,1H3. The van der Waals surface area contributed by atoms with Crippen molar-refractivity contribution in [2.75, 3.05) is 0 Å². The van der Waals surface area contributed by atoms with Crippen molar-refractivity contribution in [2.24, 2.45) is 0 Å². The molecular formula is C11H8N2. The number of hydrogen-bond acceptors (Lipinski definition) is 2. The third-order valence-electron chi connectivity index (χ3n) is 1.59. The van der Waals surface area contributed by atoms with Crippen molar-refractivity contribution in [3.05, 3.63) is 41.0 Å². The van der Waals surface area contributed by atoms with Gasteiger partial charge >= 0.3 is 0 Å². The van der Waals surface area contributed by atoms with E-state index < -0.39 is 0 Å². The third-order valence-corrected chi connectivity index (χ3v) is 1.59. The summed E-state index contributed by atoms with van der Waals surface area (Å²) in [7, 11) is 0. The zero-order chi connectivity index (χ0) is 9.68. The molecule has 0 heterocycles. The molecule has 0 aromatic heterocycles. The molecule has 0 spiro atoms. The van der Waals surface area contributed by atoms with Crippen molar-refractivity contribution in [3.8, 4) is 12.1 Å². The second-order valence-corrected chi connectivity index (χ2v) is 2.70. The highest BCUT2D eigenvalue weighted by molar-refractivity contribution is 5.62. The summed E-state index contributed by atoms with van der Waals surface area (Å²) in [6.45, 7) is 1.97. The lowest BCUT2D eigenvalue weighted by Crippen LogP contribution is -1.77. The first-order valence-corrected chi connectivity index (χ1v) is 3.85. The van der Waals surface area contributed by atoms with Crippen molar-refractivity contribution in [1.29, 1.82) is 10.5 Å². The van der Waals surface area contributed by atoms with Crippen LogP contribution >= 0.6 is 0 Å². The van der Waals surface area contributed by atoms with Crippen molar-refractivity contribution >= 4 is 6.08 Å². The highest BCUT2D eigenvalue weighted by Crippen LogP contribution is 2.08. The summed E-state index contributed by atoms with van der Waals surface area (Å²) in [5.74, 6) is 0. The molecule has 1 aromatic rings. The van der Waals surface area contributed by atoms with E-state index in [4.69, 9.17) is 10.5 Å². The first-order valence-electron chi connectivity index (χ1n) is 3.85. The Kier molecular flexibility index (Phi) is 2.84. The molecule has 0 radical (unpaired) electrons. The number of rotatable bonds is 1. The van der Waals surface area contributed by atoms with Crippen LogP contribution in [0, 0.1) is 29.6 Å². The predicted octanol–water partition coefficient (Wildman–Crippen LogP) is 2.43. The maximum absolute atomic E-state index is 8.52. The highest BCUT2D eigenvalue weighted by atomic mass is 14.3. The molecule has 2 heteroatoms. The Hall–Kier alpha value is -2.06. The molecule has 62 valence electrons. The molecular weight excluding hydrogens is 160 g/mol. The lowest BCUT2D eigenvalue weighted by Gasteiger charge is -1.94. The Bertz CT molecular complexity index is 400. The number of benzene rings is 1. The van der Waals surface area contributed by atoms with E-state index in [-0.39, 0.29) is 5.57 Å². The van der Waals surface area contributed by atoms with Gasteiger partial charge in [-0.15, -0.1) is 0 Å². The molecule has 0 aliphatic carbocycles. The Balaban J connectivity index is 3.06. The molecule has 0 amide bonds. The Morgan fingerprint density at radius 2 is 2.00 bits per heavy atom. The van der Waals surface area contributed by atoms with Gasteiger partial charge in [0.1, 0.15) is 17.7 Å². The number of allylic oxidation sites excluding steroid dienone is 1. The van der Waals surface area contributed by atoms with Crippen molar-refractivity contribution in [3.63, 3.8) is 0 Å². The first-order chi connectivity index (χ1) is 6.26. The van der Waals surface area contributed by atoms with Crippen LogP contribution in [0.5, 0.6) is 0 Å². The van der Waals surface area contributed by atoms with Gasteiger partial charge in [0, 0.05) is 0 Å². The fraction of sp³-hybridized carbons (Fsp3) is 0.0909. The lowest BCUT2D eigenvalue weighted by molar-refractivity contribution is 1.44. The van der Waals surface area contributed by atoms with Crippen LogP contribution in [-0.2, 0) is 0 Å². The van der Waals surface area contributed by atoms with Crippen LogP contribution in [-0.4, -0.2) is 0 Å². The van der Waals surface area contributed by atoms with Gasteiger partial charge in [-0.1, -0.05) is 29.8 Å².